The minimum Gasteiger partial charge on any atom is -0.456 e. The Hall–Kier alpha value is -4.67. The average molecular weight is 605 g/mol. The largest absolute Gasteiger partial charge is 0.456 e. The fraction of sp³-hybridized carbons (Fsp3) is 0.195. The SMILES string of the molecule is Cc1ccc2c(c1)oc1ccc(-c3ccc4scc(-c5nc6ccccc6n5Cc5c(C(C)C)cccc5C(C)C)c4c3)cc12. The van der Waals surface area contributed by atoms with E-state index in [-0.39, 0.29) is 0 Å². The molecule has 0 saturated carbocycles. The minimum absolute atomic E-state index is 0.440. The van der Waals surface area contributed by atoms with Gasteiger partial charge in [0, 0.05) is 31.8 Å². The molecule has 8 aromatic rings. The molecular formula is C41H36N2OS. The lowest BCUT2D eigenvalue weighted by Gasteiger charge is -2.21. The van der Waals surface area contributed by atoms with Gasteiger partial charge in [-0.2, -0.15) is 0 Å². The molecule has 5 aromatic carbocycles. The second kappa shape index (κ2) is 10.7. The minimum atomic E-state index is 0.440. The van der Waals surface area contributed by atoms with Crippen molar-refractivity contribution in [3.63, 3.8) is 0 Å². The van der Waals surface area contributed by atoms with Gasteiger partial charge in [0.25, 0.3) is 0 Å². The smallest absolute Gasteiger partial charge is 0.142 e. The van der Waals surface area contributed by atoms with Crippen molar-refractivity contribution in [3.8, 4) is 22.5 Å². The van der Waals surface area contributed by atoms with E-state index < -0.39 is 0 Å². The predicted octanol–water partition coefficient (Wildman–Crippen LogP) is 12.1. The number of nitrogens with zero attached hydrogens (tertiary/aromatic N) is 2. The molecule has 0 radical (unpaired) electrons. The Labute approximate surface area is 267 Å². The van der Waals surface area contributed by atoms with E-state index in [1.165, 1.54) is 54.5 Å². The van der Waals surface area contributed by atoms with Crippen LogP contribution in [0.15, 0.2) is 107 Å². The Balaban J connectivity index is 1.29. The Kier molecular flexibility index (Phi) is 6.65. The molecule has 8 rings (SSSR count). The van der Waals surface area contributed by atoms with E-state index >= 15 is 0 Å². The summed E-state index contributed by atoms with van der Waals surface area (Å²) in [6.45, 7) is 12.1. The lowest BCUT2D eigenvalue weighted by molar-refractivity contribution is 0.668. The highest BCUT2D eigenvalue weighted by atomic mass is 32.1. The van der Waals surface area contributed by atoms with Crippen LogP contribution in [0.2, 0.25) is 0 Å². The van der Waals surface area contributed by atoms with E-state index in [1.54, 1.807) is 11.3 Å². The molecule has 0 aliphatic rings. The predicted molar refractivity (Wildman–Crippen MR) is 192 cm³/mol. The maximum Gasteiger partial charge on any atom is 0.142 e. The van der Waals surface area contributed by atoms with Crippen LogP contribution in [-0.4, -0.2) is 9.55 Å². The van der Waals surface area contributed by atoms with Crippen LogP contribution in [0.3, 0.4) is 0 Å². The van der Waals surface area contributed by atoms with Crippen LogP contribution in [0, 0.1) is 6.92 Å². The summed E-state index contributed by atoms with van der Waals surface area (Å²) in [7, 11) is 0. The summed E-state index contributed by atoms with van der Waals surface area (Å²) in [5.74, 6) is 1.91. The van der Waals surface area contributed by atoms with Crippen molar-refractivity contribution in [3.05, 3.63) is 125 Å². The number of hydrogen-bond donors (Lipinski definition) is 0. The Bertz CT molecular complexity index is 2360. The molecule has 0 aliphatic carbocycles. The second-order valence-corrected chi connectivity index (χ2v) is 13.8. The lowest BCUT2D eigenvalue weighted by atomic mass is 9.88. The van der Waals surface area contributed by atoms with Gasteiger partial charge in [-0.3, -0.25) is 0 Å². The fourth-order valence-corrected chi connectivity index (χ4v) is 7.85. The van der Waals surface area contributed by atoms with Gasteiger partial charge < -0.3 is 8.98 Å². The number of aromatic nitrogens is 2. The van der Waals surface area contributed by atoms with Crippen LogP contribution in [-0.2, 0) is 6.54 Å². The first-order valence-corrected chi connectivity index (χ1v) is 16.8. The molecule has 0 bridgehead atoms. The number of benzene rings is 5. The summed E-state index contributed by atoms with van der Waals surface area (Å²) in [4.78, 5) is 5.29. The third-order valence-corrected chi connectivity index (χ3v) is 10.2. The summed E-state index contributed by atoms with van der Waals surface area (Å²) in [6, 6.07) is 35.3. The van der Waals surface area contributed by atoms with Crippen molar-refractivity contribution >= 4 is 54.4 Å². The molecule has 0 N–H and O–H groups in total. The molecule has 0 saturated heterocycles. The molecule has 0 atom stereocenters. The highest BCUT2D eigenvalue weighted by molar-refractivity contribution is 7.17. The van der Waals surface area contributed by atoms with Gasteiger partial charge >= 0.3 is 0 Å². The van der Waals surface area contributed by atoms with Crippen molar-refractivity contribution in [2.45, 2.75) is 53.0 Å². The number of furan rings is 1. The molecule has 45 heavy (non-hydrogen) atoms. The van der Waals surface area contributed by atoms with Crippen LogP contribution >= 0.6 is 11.3 Å². The first-order valence-electron chi connectivity index (χ1n) is 15.9. The normalized spacial score (nSPS) is 12.2. The van der Waals surface area contributed by atoms with Gasteiger partial charge in [-0.05, 0) is 94.6 Å². The quantitative estimate of drug-likeness (QED) is 0.189. The van der Waals surface area contributed by atoms with Gasteiger partial charge in [-0.15, -0.1) is 11.3 Å². The zero-order valence-corrected chi connectivity index (χ0v) is 27.2. The monoisotopic (exact) mass is 604 g/mol. The summed E-state index contributed by atoms with van der Waals surface area (Å²) in [6.07, 6.45) is 0. The maximum atomic E-state index is 6.19. The van der Waals surface area contributed by atoms with Gasteiger partial charge in [-0.25, -0.2) is 4.98 Å². The zero-order chi connectivity index (χ0) is 30.8. The van der Waals surface area contributed by atoms with Crippen molar-refractivity contribution in [1.29, 1.82) is 0 Å². The molecule has 0 aliphatic heterocycles. The number of thiophene rings is 1. The molecule has 222 valence electrons. The maximum absolute atomic E-state index is 6.19. The number of fused-ring (bicyclic) bond motifs is 5. The van der Waals surface area contributed by atoms with Crippen LogP contribution in [0.4, 0.5) is 0 Å². The average Bonchev–Trinajstić information content (AvgIpc) is 3.73. The van der Waals surface area contributed by atoms with Crippen LogP contribution in [0.25, 0.3) is 65.6 Å². The van der Waals surface area contributed by atoms with Gasteiger partial charge in [0.05, 0.1) is 17.6 Å². The lowest BCUT2D eigenvalue weighted by Crippen LogP contribution is -2.10. The molecule has 4 heteroatoms. The van der Waals surface area contributed by atoms with E-state index in [4.69, 9.17) is 9.40 Å². The second-order valence-electron chi connectivity index (χ2n) is 12.9. The Morgan fingerprint density at radius 1 is 0.711 bits per heavy atom. The fourth-order valence-electron chi connectivity index (χ4n) is 6.93. The molecule has 0 amide bonds. The molecule has 3 heterocycles. The van der Waals surface area contributed by atoms with Crippen LogP contribution < -0.4 is 0 Å². The zero-order valence-electron chi connectivity index (χ0n) is 26.4. The summed E-state index contributed by atoms with van der Waals surface area (Å²) in [5, 5.41) is 5.84. The number of para-hydroxylation sites is 2. The topological polar surface area (TPSA) is 31.0 Å². The first-order chi connectivity index (χ1) is 21.9. The van der Waals surface area contributed by atoms with Gasteiger partial charge in [0.15, 0.2) is 0 Å². The van der Waals surface area contributed by atoms with E-state index in [1.807, 2.05) is 0 Å². The van der Waals surface area contributed by atoms with Crippen molar-refractivity contribution in [2.24, 2.45) is 0 Å². The highest BCUT2D eigenvalue weighted by Crippen LogP contribution is 2.40. The van der Waals surface area contributed by atoms with Crippen molar-refractivity contribution in [2.75, 3.05) is 0 Å². The van der Waals surface area contributed by atoms with E-state index in [9.17, 15) is 0 Å². The van der Waals surface area contributed by atoms with Crippen molar-refractivity contribution in [1.82, 2.24) is 9.55 Å². The van der Waals surface area contributed by atoms with E-state index in [0.29, 0.717) is 11.8 Å². The van der Waals surface area contributed by atoms with Gasteiger partial charge in [0.2, 0.25) is 0 Å². The summed E-state index contributed by atoms with van der Waals surface area (Å²) in [5.41, 5.74) is 13.1. The molecule has 0 unspecified atom stereocenters. The third kappa shape index (κ3) is 4.67. The highest BCUT2D eigenvalue weighted by Gasteiger charge is 2.21. The molecular weight excluding hydrogens is 569 g/mol. The molecule has 0 spiro atoms. The van der Waals surface area contributed by atoms with E-state index in [0.717, 1.165) is 39.8 Å². The van der Waals surface area contributed by atoms with Gasteiger partial charge in [-0.1, -0.05) is 82.3 Å². The number of imidazole rings is 1. The summed E-state index contributed by atoms with van der Waals surface area (Å²) >= 11 is 1.79. The number of aryl methyl sites for hydroxylation is 1. The van der Waals surface area contributed by atoms with Gasteiger partial charge in [0.1, 0.15) is 17.0 Å². The Morgan fingerprint density at radius 3 is 2.22 bits per heavy atom. The third-order valence-electron chi connectivity index (χ3n) is 9.24. The van der Waals surface area contributed by atoms with E-state index in [2.05, 4.69) is 142 Å². The number of hydrogen-bond acceptors (Lipinski definition) is 3. The van der Waals surface area contributed by atoms with Crippen molar-refractivity contribution < 1.29 is 4.42 Å². The Morgan fingerprint density at radius 2 is 1.44 bits per heavy atom. The van der Waals surface area contributed by atoms with Crippen LogP contribution in [0.1, 0.15) is 61.8 Å². The number of rotatable bonds is 6. The molecule has 0 fully saturated rings. The first kappa shape index (κ1) is 27.8. The summed E-state index contributed by atoms with van der Waals surface area (Å²) < 4.78 is 9.90. The van der Waals surface area contributed by atoms with Crippen LogP contribution in [0.5, 0.6) is 0 Å². The standard InChI is InChI=1S/C41H36N2OS/c1-24(2)29-9-8-10-30(25(3)4)34(29)22-43-37-12-7-6-11-36(37)42-41(43)35-23-45-40-18-15-28(21-33(35)40)27-14-17-38-32(20-27)31-16-13-26(5)19-39(31)44-38/h6-21,23-25H,22H2,1-5H3. The molecule has 3 aromatic heterocycles. The molecule has 3 nitrogen and oxygen atoms in total.